The molecule has 1 aromatic carbocycles. The van der Waals surface area contributed by atoms with Crippen molar-refractivity contribution < 1.29 is 56.9 Å². The summed E-state index contributed by atoms with van der Waals surface area (Å²) in [6.07, 6.45) is 14.8. The Labute approximate surface area is 314 Å². The number of rotatable bonds is 43. The first kappa shape index (κ1) is 48.3. The zero-order valence-electron chi connectivity index (χ0n) is 32.4. The Bertz CT molecular complexity index is 832. The van der Waals surface area contributed by atoms with E-state index in [1.807, 2.05) is 6.07 Å². The van der Waals surface area contributed by atoms with E-state index in [1.165, 1.54) is 64.2 Å². The Morgan fingerprint density at radius 3 is 0.942 bits per heavy atom. The lowest BCUT2D eigenvalue weighted by molar-refractivity contribution is -0.0271. The van der Waals surface area contributed by atoms with Gasteiger partial charge in [-0.25, -0.2) is 4.79 Å². The van der Waals surface area contributed by atoms with Gasteiger partial charge in [-0.15, -0.1) is 0 Å². The van der Waals surface area contributed by atoms with Gasteiger partial charge in [-0.1, -0.05) is 89.3 Å². The molecule has 0 heterocycles. The Balaban J connectivity index is 1.62. The van der Waals surface area contributed by atoms with Gasteiger partial charge in [-0.2, -0.15) is 0 Å². The van der Waals surface area contributed by atoms with E-state index in [-0.39, 0.29) is 12.6 Å². The van der Waals surface area contributed by atoms with Gasteiger partial charge in [0.15, 0.2) is 0 Å². The summed E-state index contributed by atoms with van der Waals surface area (Å²) < 4.78 is 60.2. The molecule has 0 saturated carbocycles. The highest BCUT2D eigenvalue weighted by atomic mass is 16.6. The van der Waals surface area contributed by atoms with Crippen LogP contribution in [-0.2, 0) is 52.1 Å². The highest BCUT2D eigenvalue weighted by Gasteiger charge is 2.05. The Kier molecular flexibility index (Phi) is 39.1. The fourth-order valence-corrected chi connectivity index (χ4v) is 4.80. The van der Waals surface area contributed by atoms with E-state index in [0.29, 0.717) is 131 Å². The van der Waals surface area contributed by atoms with Crippen molar-refractivity contribution in [2.24, 2.45) is 0 Å². The zero-order valence-corrected chi connectivity index (χ0v) is 32.4. The maximum atomic E-state index is 11.8. The fourth-order valence-electron chi connectivity index (χ4n) is 4.80. The summed E-state index contributed by atoms with van der Waals surface area (Å²) >= 11 is 0. The molecule has 0 fully saturated rings. The van der Waals surface area contributed by atoms with E-state index in [9.17, 15) is 4.79 Å². The van der Waals surface area contributed by atoms with Crippen molar-refractivity contribution in [1.29, 1.82) is 0 Å². The molecule has 0 amide bonds. The Morgan fingerprint density at radius 1 is 0.346 bits per heavy atom. The SMILES string of the molecule is CCCCCCCCCCCCCOCCOCCOCCOCCOCCOCCOCCOCCOCCOCCOC(=O)c1ccccc1. The Morgan fingerprint density at radius 2 is 0.615 bits per heavy atom. The molecule has 0 N–H and O–H groups in total. The highest BCUT2D eigenvalue weighted by molar-refractivity contribution is 5.89. The average molecular weight is 745 g/mol. The summed E-state index contributed by atoms with van der Waals surface area (Å²) in [7, 11) is 0. The van der Waals surface area contributed by atoms with Crippen LogP contribution in [0.5, 0.6) is 0 Å². The van der Waals surface area contributed by atoms with E-state index in [2.05, 4.69) is 6.92 Å². The monoisotopic (exact) mass is 745 g/mol. The lowest BCUT2D eigenvalue weighted by atomic mass is 10.1. The van der Waals surface area contributed by atoms with Crippen LogP contribution < -0.4 is 0 Å². The second kappa shape index (κ2) is 42.0. The first-order valence-electron chi connectivity index (χ1n) is 19.8. The van der Waals surface area contributed by atoms with Crippen molar-refractivity contribution in [3.05, 3.63) is 35.9 Å². The third kappa shape index (κ3) is 36.6. The smallest absolute Gasteiger partial charge is 0.338 e. The standard InChI is InChI=1S/C40H72O12/c1-2-3-4-5-6-7-8-9-10-11-15-18-42-19-20-43-21-22-44-23-24-45-25-26-46-27-28-47-29-30-48-31-32-49-33-34-50-35-36-51-37-38-52-40(41)39-16-13-12-14-17-39/h12-14,16-17H,2-11,15,18-38H2,1H3. The summed E-state index contributed by atoms with van der Waals surface area (Å²) in [6, 6.07) is 8.87. The van der Waals surface area contributed by atoms with Gasteiger partial charge in [-0.05, 0) is 18.6 Å². The second-order valence-electron chi connectivity index (χ2n) is 12.2. The van der Waals surface area contributed by atoms with Crippen LogP contribution in [0.2, 0.25) is 0 Å². The summed E-state index contributed by atoms with van der Waals surface area (Å²) in [6.45, 7) is 12.9. The molecule has 0 radical (unpaired) electrons. The molecular formula is C40H72O12. The van der Waals surface area contributed by atoms with Gasteiger partial charge in [0.05, 0.1) is 131 Å². The van der Waals surface area contributed by atoms with Crippen LogP contribution in [0.4, 0.5) is 0 Å². The van der Waals surface area contributed by atoms with Crippen molar-refractivity contribution in [2.45, 2.75) is 77.6 Å². The minimum Gasteiger partial charge on any atom is -0.460 e. The number of benzene rings is 1. The first-order chi connectivity index (χ1) is 25.8. The van der Waals surface area contributed by atoms with Gasteiger partial charge in [0.25, 0.3) is 0 Å². The summed E-state index contributed by atoms with van der Waals surface area (Å²) in [5, 5.41) is 0. The van der Waals surface area contributed by atoms with Gasteiger partial charge in [0.1, 0.15) is 6.61 Å². The van der Waals surface area contributed by atoms with Crippen LogP contribution in [0, 0.1) is 0 Å². The van der Waals surface area contributed by atoms with Gasteiger partial charge in [0.2, 0.25) is 0 Å². The second-order valence-corrected chi connectivity index (χ2v) is 12.2. The van der Waals surface area contributed by atoms with Crippen LogP contribution in [0.25, 0.3) is 0 Å². The predicted molar refractivity (Wildman–Crippen MR) is 201 cm³/mol. The van der Waals surface area contributed by atoms with Crippen LogP contribution in [0.1, 0.15) is 87.9 Å². The largest absolute Gasteiger partial charge is 0.460 e. The van der Waals surface area contributed by atoms with Crippen molar-refractivity contribution in [1.82, 2.24) is 0 Å². The van der Waals surface area contributed by atoms with Crippen LogP contribution in [-0.4, -0.2) is 145 Å². The summed E-state index contributed by atoms with van der Waals surface area (Å²) in [5.74, 6) is -0.353. The van der Waals surface area contributed by atoms with Crippen molar-refractivity contribution >= 4 is 5.97 Å². The maximum absolute atomic E-state index is 11.8. The number of unbranched alkanes of at least 4 members (excludes halogenated alkanes) is 10. The topological polar surface area (TPSA) is 119 Å². The van der Waals surface area contributed by atoms with E-state index in [1.54, 1.807) is 24.3 Å². The molecule has 0 aromatic heterocycles. The minimum atomic E-state index is -0.353. The normalized spacial score (nSPS) is 11.4. The molecule has 304 valence electrons. The molecule has 0 saturated heterocycles. The molecule has 0 bridgehead atoms. The lowest BCUT2D eigenvalue weighted by Crippen LogP contribution is -2.15. The molecule has 0 spiro atoms. The number of ether oxygens (including phenoxy) is 11. The average Bonchev–Trinajstić information content (AvgIpc) is 3.17. The molecule has 0 atom stereocenters. The molecule has 1 aromatic rings. The van der Waals surface area contributed by atoms with Gasteiger partial charge in [0, 0.05) is 6.61 Å². The molecule has 0 aliphatic carbocycles. The van der Waals surface area contributed by atoms with Crippen molar-refractivity contribution in [3.8, 4) is 0 Å². The summed E-state index contributed by atoms with van der Waals surface area (Å²) in [4.78, 5) is 11.8. The third-order valence-corrected chi connectivity index (χ3v) is 7.71. The van der Waals surface area contributed by atoms with E-state index in [0.717, 1.165) is 13.0 Å². The van der Waals surface area contributed by atoms with Crippen molar-refractivity contribution in [2.75, 3.05) is 139 Å². The predicted octanol–water partition coefficient (Wildman–Crippen LogP) is 6.32. The molecular weight excluding hydrogens is 672 g/mol. The van der Waals surface area contributed by atoms with Crippen LogP contribution in [0.15, 0.2) is 30.3 Å². The lowest BCUT2D eigenvalue weighted by Gasteiger charge is -2.09. The number of carbonyl (C=O) groups excluding carboxylic acids is 1. The van der Waals surface area contributed by atoms with Gasteiger partial charge >= 0.3 is 5.97 Å². The molecule has 52 heavy (non-hydrogen) atoms. The molecule has 0 aliphatic heterocycles. The van der Waals surface area contributed by atoms with E-state index >= 15 is 0 Å². The van der Waals surface area contributed by atoms with Crippen LogP contribution >= 0.6 is 0 Å². The molecule has 0 aliphatic rings. The maximum Gasteiger partial charge on any atom is 0.338 e. The Hall–Kier alpha value is -1.71. The van der Waals surface area contributed by atoms with Gasteiger partial charge in [-0.3, -0.25) is 0 Å². The van der Waals surface area contributed by atoms with E-state index in [4.69, 9.17) is 52.1 Å². The highest BCUT2D eigenvalue weighted by Crippen LogP contribution is 2.11. The third-order valence-electron chi connectivity index (χ3n) is 7.71. The number of hydrogen-bond donors (Lipinski definition) is 0. The quantitative estimate of drug-likeness (QED) is 0.0550. The number of hydrogen-bond acceptors (Lipinski definition) is 12. The van der Waals surface area contributed by atoms with E-state index < -0.39 is 0 Å². The molecule has 12 heteroatoms. The minimum absolute atomic E-state index is 0.205. The number of esters is 1. The summed E-state index contributed by atoms with van der Waals surface area (Å²) in [5.41, 5.74) is 0.528. The number of carbonyl (C=O) groups is 1. The van der Waals surface area contributed by atoms with Gasteiger partial charge < -0.3 is 52.1 Å². The van der Waals surface area contributed by atoms with Crippen molar-refractivity contribution in [3.63, 3.8) is 0 Å². The molecule has 1 rings (SSSR count). The zero-order chi connectivity index (χ0) is 37.1. The fraction of sp³-hybridized carbons (Fsp3) is 0.825. The molecule has 12 nitrogen and oxygen atoms in total. The van der Waals surface area contributed by atoms with Crippen LogP contribution in [0.3, 0.4) is 0 Å². The molecule has 0 unspecified atom stereocenters. The first-order valence-corrected chi connectivity index (χ1v) is 19.8.